The van der Waals surface area contributed by atoms with Gasteiger partial charge in [-0.3, -0.25) is 9.78 Å². The topological polar surface area (TPSA) is 97.2 Å². The van der Waals surface area contributed by atoms with E-state index in [4.69, 9.17) is 14.7 Å². The molecule has 6 heterocycles. The fourth-order valence-corrected chi connectivity index (χ4v) is 5.57. The molecule has 2 N–H and O–H groups in total. The molecule has 4 aromatic heterocycles. The number of hydrogen-bond acceptors (Lipinski definition) is 7. The minimum atomic E-state index is -0.101. The number of amides is 1. The van der Waals surface area contributed by atoms with E-state index in [9.17, 15) is 4.79 Å². The first-order valence-corrected chi connectivity index (χ1v) is 13.2. The lowest BCUT2D eigenvalue weighted by Gasteiger charge is -2.25. The van der Waals surface area contributed by atoms with Gasteiger partial charge in [-0.25, -0.2) is 9.97 Å². The van der Waals surface area contributed by atoms with E-state index < -0.39 is 0 Å². The highest BCUT2D eigenvalue weighted by Gasteiger charge is 2.28. The van der Waals surface area contributed by atoms with E-state index in [0.29, 0.717) is 23.7 Å². The SMILES string of the molecule is CN(C)CCc1nc(Nc2cnc(-c3ccnc4c3ccn4C)c3c2C(=O)NC3)ccc1C1CCOCC1. The molecule has 0 saturated carbocycles. The summed E-state index contributed by atoms with van der Waals surface area (Å²) in [5.74, 6) is 1.09. The van der Waals surface area contributed by atoms with Crippen molar-refractivity contribution in [2.24, 2.45) is 7.05 Å². The molecule has 2 aliphatic rings. The molecule has 4 aromatic rings. The third kappa shape index (κ3) is 4.52. The van der Waals surface area contributed by atoms with Crippen LogP contribution >= 0.6 is 0 Å². The summed E-state index contributed by atoms with van der Waals surface area (Å²) in [5.41, 5.74) is 7.26. The number of hydrogen-bond donors (Lipinski definition) is 2. The van der Waals surface area contributed by atoms with E-state index >= 15 is 0 Å². The van der Waals surface area contributed by atoms with Crippen LogP contribution in [0.4, 0.5) is 11.5 Å². The number of carbonyl (C=O) groups excluding carboxylic acids is 1. The van der Waals surface area contributed by atoms with Gasteiger partial charge in [0.15, 0.2) is 0 Å². The van der Waals surface area contributed by atoms with Gasteiger partial charge in [0, 0.05) is 74.4 Å². The number of carbonyl (C=O) groups is 1. The third-order valence-electron chi connectivity index (χ3n) is 7.58. The predicted octanol–water partition coefficient (Wildman–Crippen LogP) is 4.02. The second-order valence-electron chi connectivity index (χ2n) is 10.4. The van der Waals surface area contributed by atoms with Gasteiger partial charge in [-0.05, 0) is 56.6 Å². The summed E-state index contributed by atoms with van der Waals surface area (Å²) in [5, 5.41) is 7.43. The van der Waals surface area contributed by atoms with Crippen molar-refractivity contribution in [3.05, 3.63) is 65.2 Å². The molecular weight excluding hydrogens is 478 g/mol. The number of nitrogens with one attached hydrogen (secondary N) is 2. The molecule has 0 aromatic carbocycles. The summed E-state index contributed by atoms with van der Waals surface area (Å²) < 4.78 is 7.58. The van der Waals surface area contributed by atoms with Crippen LogP contribution < -0.4 is 10.6 Å². The van der Waals surface area contributed by atoms with Crippen LogP contribution in [0, 0.1) is 0 Å². The highest BCUT2D eigenvalue weighted by molar-refractivity contribution is 6.06. The van der Waals surface area contributed by atoms with Gasteiger partial charge >= 0.3 is 0 Å². The largest absolute Gasteiger partial charge is 0.381 e. The molecule has 0 aliphatic carbocycles. The molecule has 196 valence electrons. The second kappa shape index (κ2) is 10.2. The number of anilines is 2. The number of pyridine rings is 3. The van der Waals surface area contributed by atoms with Gasteiger partial charge in [-0.15, -0.1) is 0 Å². The Morgan fingerprint density at radius 2 is 2.00 bits per heavy atom. The van der Waals surface area contributed by atoms with Crippen LogP contribution in [-0.4, -0.2) is 64.2 Å². The Bertz CT molecular complexity index is 1500. The number of aryl methyl sites for hydroxylation is 1. The maximum Gasteiger partial charge on any atom is 0.254 e. The maximum atomic E-state index is 13.0. The predicted molar refractivity (Wildman–Crippen MR) is 148 cm³/mol. The van der Waals surface area contributed by atoms with Crippen LogP contribution in [0.3, 0.4) is 0 Å². The number of fused-ring (bicyclic) bond motifs is 2. The van der Waals surface area contributed by atoms with Crippen molar-refractivity contribution in [2.45, 2.75) is 31.7 Å². The summed E-state index contributed by atoms with van der Waals surface area (Å²) in [6.07, 6.45) is 8.44. The van der Waals surface area contributed by atoms with Crippen molar-refractivity contribution in [2.75, 3.05) is 39.2 Å². The van der Waals surface area contributed by atoms with E-state index in [2.05, 4.69) is 40.7 Å². The van der Waals surface area contributed by atoms with Crippen molar-refractivity contribution in [1.82, 2.24) is 29.7 Å². The number of likely N-dealkylation sites (N-methyl/N-ethyl adjacent to an activating group) is 1. The van der Waals surface area contributed by atoms with Crippen molar-refractivity contribution in [3.63, 3.8) is 0 Å². The first-order chi connectivity index (χ1) is 18.5. The molecule has 0 unspecified atom stereocenters. The van der Waals surface area contributed by atoms with Crippen LogP contribution in [0.1, 0.15) is 45.9 Å². The minimum absolute atomic E-state index is 0.101. The van der Waals surface area contributed by atoms with E-state index in [0.717, 1.165) is 78.4 Å². The fourth-order valence-electron chi connectivity index (χ4n) is 5.57. The Labute approximate surface area is 222 Å². The van der Waals surface area contributed by atoms with Gasteiger partial charge in [0.05, 0.1) is 23.1 Å². The molecule has 6 rings (SSSR count). The maximum absolute atomic E-state index is 13.0. The van der Waals surface area contributed by atoms with Gasteiger partial charge in [0.1, 0.15) is 11.5 Å². The van der Waals surface area contributed by atoms with Crippen LogP contribution in [0.25, 0.3) is 22.3 Å². The fraction of sp³-hybridized carbons (Fsp3) is 0.379. The quantitative estimate of drug-likeness (QED) is 0.387. The van der Waals surface area contributed by atoms with Gasteiger partial charge in [-0.2, -0.15) is 0 Å². The van der Waals surface area contributed by atoms with Gasteiger partial charge in [0.2, 0.25) is 0 Å². The molecule has 1 amide bonds. The first-order valence-electron chi connectivity index (χ1n) is 13.2. The summed E-state index contributed by atoms with van der Waals surface area (Å²) in [6.45, 7) is 2.95. The highest BCUT2D eigenvalue weighted by Crippen LogP contribution is 2.36. The van der Waals surface area contributed by atoms with Crippen LogP contribution in [0.5, 0.6) is 0 Å². The molecular formula is C29H33N7O2. The Balaban J connectivity index is 1.36. The van der Waals surface area contributed by atoms with Crippen molar-refractivity contribution in [3.8, 4) is 11.3 Å². The molecule has 9 nitrogen and oxygen atoms in total. The zero-order valence-corrected chi connectivity index (χ0v) is 22.1. The highest BCUT2D eigenvalue weighted by atomic mass is 16.5. The average Bonchev–Trinajstić information content (AvgIpc) is 3.51. The minimum Gasteiger partial charge on any atom is -0.381 e. The number of aromatic nitrogens is 4. The lowest BCUT2D eigenvalue weighted by molar-refractivity contribution is 0.0850. The number of nitrogens with zero attached hydrogens (tertiary/aromatic N) is 5. The molecule has 0 bridgehead atoms. The monoisotopic (exact) mass is 511 g/mol. The van der Waals surface area contributed by atoms with Crippen LogP contribution in [0.2, 0.25) is 0 Å². The van der Waals surface area contributed by atoms with E-state index in [1.807, 2.05) is 36.0 Å². The van der Waals surface area contributed by atoms with Gasteiger partial charge < -0.3 is 24.8 Å². The van der Waals surface area contributed by atoms with Crippen molar-refractivity contribution in [1.29, 1.82) is 0 Å². The van der Waals surface area contributed by atoms with Gasteiger partial charge in [-0.1, -0.05) is 6.07 Å². The van der Waals surface area contributed by atoms with Crippen LogP contribution in [-0.2, 0) is 24.8 Å². The van der Waals surface area contributed by atoms with E-state index in [1.54, 1.807) is 12.4 Å². The summed E-state index contributed by atoms with van der Waals surface area (Å²) in [7, 11) is 6.14. The van der Waals surface area contributed by atoms with E-state index in [-0.39, 0.29) is 5.91 Å². The normalized spacial score (nSPS) is 15.7. The Kier molecular flexibility index (Phi) is 6.55. The molecule has 1 saturated heterocycles. The average molecular weight is 512 g/mol. The summed E-state index contributed by atoms with van der Waals surface area (Å²) >= 11 is 0. The van der Waals surface area contributed by atoms with Crippen LogP contribution in [0.15, 0.2) is 42.9 Å². The molecule has 0 radical (unpaired) electrons. The first kappa shape index (κ1) is 24.5. The lowest BCUT2D eigenvalue weighted by atomic mass is 9.89. The Morgan fingerprint density at radius 1 is 1.16 bits per heavy atom. The van der Waals surface area contributed by atoms with E-state index in [1.165, 1.54) is 5.56 Å². The summed E-state index contributed by atoms with van der Waals surface area (Å²) in [4.78, 5) is 29.6. The molecule has 1 fully saturated rings. The Hall–Kier alpha value is -3.82. The van der Waals surface area contributed by atoms with Crippen molar-refractivity contribution >= 4 is 28.4 Å². The standard InChI is InChI=1S/C29H33N7O2/c1-35(2)12-8-23-19(18-9-14-38-15-10-18)4-5-25(33-23)34-24-17-31-27(22-16-32-29(37)26(22)24)20-6-11-30-28-21(20)7-13-36(28)3/h4-7,11,13,17-18H,8-10,12,14-16H2,1-3H3,(H,32,37)(H,33,34). The molecule has 0 atom stereocenters. The van der Waals surface area contributed by atoms with Crippen molar-refractivity contribution < 1.29 is 9.53 Å². The third-order valence-corrected chi connectivity index (χ3v) is 7.58. The second-order valence-corrected chi connectivity index (χ2v) is 10.4. The molecule has 38 heavy (non-hydrogen) atoms. The zero-order chi connectivity index (χ0) is 26.2. The molecule has 0 spiro atoms. The molecule has 2 aliphatic heterocycles. The van der Waals surface area contributed by atoms with Gasteiger partial charge in [0.25, 0.3) is 5.91 Å². The molecule has 9 heteroatoms. The number of ether oxygens (including phenoxy) is 1. The summed E-state index contributed by atoms with van der Waals surface area (Å²) in [6, 6.07) is 8.23. The smallest absolute Gasteiger partial charge is 0.254 e. The lowest BCUT2D eigenvalue weighted by Crippen LogP contribution is -2.20. The number of rotatable bonds is 7. The zero-order valence-electron chi connectivity index (χ0n) is 22.1. The Morgan fingerprint density at radius 3 is 2.82 bits per heavy atom.